The highest BCUT2D eigenvalue weighted by molar-refractivity contribution is 8.04. The van der Waals surface area contributed by atoms with E-state index in [4.69, 9.17) is 11.6 Å². The first-order valence-electron chi connectivity index (χ1n) is 13.2. The Hall–Kier alpha value is -4.07. The normalized spacial score (nSPS) is 16.3. The van der Waals surface area contributed by atoms with Gasteiger partial charge in [-0.15, -0.1) is 0 Å². The molecule has 0 radical (unpaired) electrons. The summed E-state index contributed by atoms with van der Waals surface area (Å²) in [5.41, 5.74) is 3.36. The number of carbonyl (C=O) groups excluding carboxylic acids is 2. The number of pyridine rings is 1. The molecule has 1 fully saturated rings. The van der Waals surface area contributed by atoms with Crippen molar-refractivity contribution in [2.24, 2.45) is 0 Å². The van der Waals surface area contributed by atoms with Crippen molar-refractivity contribution in [3.05, 3.63) is 124 Å². The molecule has 0 N–H and O–H groups in total. The molecule has 2 aliphatic rings. The number of thioether (sulfide) groups is 1. The molecule has 1 saturated heterocycles. The minimum atomic E-state index is -0.0606. The summed E-state index contributed by atoms with van der Waals surface area (Å²) in [5, 5.41) is 0.644. The SMILES string of the molecule is O=C(c1ccc(/C=C2/Sc3ccccc3N(Cc3cccc(Cl)c3)C2=O)cc1)N1CCN(c2ccccn2)CC1. The second-order valence-corrected chi connectivity index (χ2v) is 11.2. The van der Waals surface area contributed by atoms with Crippen molar-refractivity contribution < 1.29 is 9.59 Å². The van der Waals surface area contributed by atoms with E-state index < -0.39 is 0 Å². The zero-order chi connectivity index (χ0) is 27.5. The van der Waals surface area contributed by atoms with Crippen molar-refractivity contribution in [2.75, 3.05) is 36.0 Å². The fraction of sp³-hybridized carbons (Fsp3) is 0.156. The third-order valence-corrected chi connectivity index (χ3v) is 8.37. The van der Waals surface area contributed by atoms with Crippen LogP contribution < -0.4 is 9.80 Å². The van der Waals surface area contributed by atoms with E-state index in [1.807, 2.05) is 102 Å². The van der Waals surface area contributed by atoms with Gasteiger partial charge < -0.3 is 14.7 Å². The number of anilines is 2. The molecule has 3 heterocycles. The van der Waals surface area contributed by atoms with Crippen molar-refractivity contribution in [2.45, 2.75) is 11.4 Å². The smallest absolute Gasteiger partial charge is 0.265 e. The molecule has 8 heteroatoms. The van der Waals surface area contributed by atoms with Crippen LogP contribution in [0.2, 0.25) is 5.02 Å². The van der Waals surface area contributed by atoms with Crippen LogP contribution in [0.25, 0.3) is 6.08 Å². The van der Waals surface area contributed by atoms with E-state index in [1.165, 1.54) is 11.8 Å². The lowest BCUT2D eigenvalue weighted by atomic mass is 10.1. The van der Waals surface area contributed by atoms with Crippen molar-refractivity contribution in [3.8, 4) is 0 Å². The third-order valence-electron chi connectivity index (χ3n) is 7.06. The number of piperazine rings is 1. The standard InChI is InChI=1S/C32H27ClN4O2S/c33-26-7-5-6-24(20-26)22-37-27-8-1-2-9-28(27)40-29(32(37)39)21-23-11-13-25(14-12-23)31(38)36-18-16-35(17-19-36)30-10-3-4-15-34-30/h1-15,20-21H,16-19,22H2/b29-21+. The van der Waals surface area contributed by atoms with E-state index in [9.17, 15) is 9.59 Å². The van der Waals surface area contributed by atoms with E-state index in [2.05, 4.69) is 9.88 Å². The Morgan fingerprint density at radius 1 is 0.900 bits per heavy atom. The van der Waals surface area contributed by atoms with Gasteiger partial charge in [-0.05, 0) is 65.7 Å². The van der Waals surface area contributed by atoms with E-state index in [1.54, 1.807) is 11.1 Å². The van der Waals surface area contributed by atoms with Gasteiger partial charge in [-0.2, -0.15) is 0 Å². The van der Waals surface area contributed by atoms with Gasteiger partial charge in [0.1, 0.15) is 5.82 Å². The maximum absolute atomic E-state index is 13.6. The Balaban J connectivity index is 1.17. The molecule has 2 amide bonds. The van der Waals surface area contributed by atoms with Crippen LogP contribution in [-0.2, 0) is 11.3 Å². The van der Waals surface area contributed by atoms with Gasteiger partial charge in [-0.25, -0.2) is 4.98 Å². The van der Waals surface area contributed by atoms with Gasteiger partial charge in [0, 0.05) is 47.9 Å². The molecule has 6 nitrogen and oxygen atoms in total. The van der Waals surface area contributed by atoms with Crippen LogP contribution in [0.1, 0.15) is 21.5 Å². The molecule has 40 heavy (non-hydrogen) atoms. The number of halogens is 1. The fourth-order valence-electron chi connectivity index (χ4n) is 4.97. The Morgan fingerprint density at radius 3 is 2.42 bits per heavy atom. The average molecular weight is 567 g/mol. The highest BCUT2D eigenvalue weighted by atomic mass is 35.5. The average Bonchev–Trinajstić information content (AvgIpc) is 3.00. The molecule has 0 atom stereocenters. The summed E-state index contributed by atoms with van der Waals surface area (Å²) in [7, 11) is 0. The Morgan fingerprint density at radius 2 is 1.68 bits per heavy atom. The quantitative estimate of drug-likeness (QED) is 0.262. The largest absolute Gasteiger partial charge is 0.353 e. The molecular weight excluding hydrogens is 540 g/mol. The van der Waals surface area contributed by atoms with Gasteiger partial charge in [-0.3, -0.25) is 9.59 Å². The summed E-state index contributed by atoms with van der Waals surface area (Å²) < 4.78 is 0. The minimum Gasteiger partial charge on any atom is -0.353 e. The van der Waals surface area contributed by atoms with Gasteiger partial charge in [-0.1, -0.05) is 65.8 Å². The Kier molecular flexibility index (Phi) is 7.58. The summed E-state index contributed by atoms with van der Waals surface area (Å²) in [6, 6.07) is 28.9. The number of rotatable bonds is 5. The number of fused-ring (bicyclic) bond motifs is 1. The van der Waals surface area contributed by atoms with Crippen molar-refractivity contribution >= 4 is 52.8 Å². The highest BCUT2D eigenvalue weighted by Gasteiger charge is 2.29. The van der Waals surface area contributed by atoms with E-state index in [0.29, 0.717) is 35.1 Å². The number of benzene rings is 3. The lowest BCUT2D eigenvalue weighted by Crippen LogP contribution is -2.49. The van der Waals surface area contributed by atoms with Gasteiger partial charge >= 0.3 is 0 Å². The van der Waals surface area contributed by atoms with Crippen LogP contribution in [-0.4, -0.2) is 47.9 Å². The number of hydrogen-bond acceptors (Lipinski definition) is 5. The zero-order valence-electron chi connectivity index (χ0n) is 21.7. The first-order chi connectivity index (χ1) is 19.5. The summed E-state index contributed by atoms with van der Waals surface area (Å²) in [6.45, 7) is 3.22. The van der Waals surface area contributed by atoms with Crippen molar-refractivity contribution in [3.63, 3.8) is 0 Å². The molecular formula is C32H27ClN4O2S. The minimum absolute atomic E-state index is 0.0182. The number of para-hydroxylation sites is 1. The van der Waals surface area contributed by atoms with Crippen LogP contribution in [0.15, 0.2) is 107 Å². The van der Waals surface area contributed by atoms with E-state index in [0.717, 1.165) is 40.6 Å². The lowest BCUT2D eigenvalue weighted by molar-refractivity contribution is -0.114. The van der Waals surface area contributed by atoms with Crippen molar-refractivity contribution in [1.82, 2.24) is 9.88 Å². The lowest BCUT2D eigenvalue weighted by Gasteiger charge is -2.35. The molecule has 0 aliphatic carbocycles. The molecule has 0 spiro atoms. The Labute approximate surface area is 242 Å². The molecule has 200 valence electrons. The molecule has 6 rings (SSSR count). The maximum Gasteiger partial charge on any atom is 0.265 e. The first kappa shape index (κ1) is 26.2. The summed E-state index contributed by atoms with van der Waals surface area (Å²) in [6.07, 6.45) is 3.69. The third kappa shape index (κ3) is 5.62. The van der Waals surface area contributed by atoms with Gasteiger partial charge in [0.2, 0.25) is 0 Å². The molecule has 3 aromatic carbocycles. The molecule has 1 aromatic heterocycles. The predicted octanol–water partition coefficient (Wildman–Crippen LogP) is 6.38. The first-order valence-corrected chi connectivity index (χ1v) is 14.3. The molecule has 0 bridgehead atoms. The highest BCUT2D eigenvalue weighted by Crippen LogP contribution is 2.42. The second-order valence-electron chi connectivity index (χ2n) is 9.69. The van der Waals surface area contributed by atoms with Crippen LogP contribution in [0.5, 0.6) is 0 Å². The van der Waals surface area contributed by atoms with E-state index in [-0.39, 0.29) is 11.8 Å². The van der Waals surface area contributed by atoms with Gasteiger partial charge in [0.05, 0.1) is 17.1 Å². The number of nitrogens with zero attached hydrogens (tertiary/aromatic N) is 4. The monoisotopic (exact) mass is 566 g/mol. The van der Waals surface area contributed by atoms with Gasteiger partial charge in [0.15, 0.2) is 0 Å². The number of carbonyl (C=O) groups is 2. The predicted molar refractivity (Wildman–Crippen MR) is 162 cm³/mol. The molecule has 4 aromatic rings. The molecule has 0 unspecified atom stereocenters. The van der Waals surface area contributed by atoms with Crippen molar-refractivity contribution in [1.29, 1.82) is 0 Å². The summed E-state index contributed by atoms with van der Waals surface area (Å²) >= 11 is 7.67. The van der Waals surface area contributed by atoms with Crippen LogP contribution in [0, 0.1) is 0 Å². The topological polar surface area (TPSA) is 56.8 Å². The maximum atomic E-state index is 13.6. The summed E-state index contributed by atoms with van der Waals surface area (Å²) in [4.78, 5) is 38.8. The zero-order valence-corrected chi connectivity index (χ0v) is 23.3. The fourth-order valence-corrected chi connectivity index (χ4v) is 6.24. The molecule has 0 saturated carbocycles. The Bertz CT molecular complexity index is 1570. The second kappa shape index (κ2) is 11.6. The number of aromatic nitrogens is 1. The van der Waals surface area contributed by atoms with E-state index >= 15 is 0 Å². The van der Waals surface area contributed by atoms with Gasteiger partial charge in [0.25, 0.3) is 11.8 Å². The number of hydrogen-bond donors (Lipinski definition) is 0. The van der Waals surface area contributed by atoms with Crippen LogP contribution in [0.4, 0.5) is 11.5 Å². The molecule has 2 aliphatic heterocycles. The van der Waals surface area contributed by atoms with Crippen LogP contribution >= 0.6 is 23.4 Å². The van der Waals surface area contributed by atoms with Crippen LogP contribution in [0.3, 0.4) is 0 Å². The summed E-state index contributed by atoms with van der Waals surface area (Å²) in [5.74, 6) is 0.898. The number of amides is 2.